The van der Waals surface area contributed by atoms with Crippen molar-refractivity contribution in [1.29, 1.82) is 0 Å². The van der Waals surface area contributed by atoms with E-state index < -0.39 is 11.5 Å². The number of carbonyl (C=O) groups excluding carboxylic acids is 2. The van der Waals surface area contributed by atoms with Gasteiger partial charge in [-0.3, -0.25) is 9.59 Å². The van der Waals surface area contributed by atoms with Gasteiger partial charge in [0.2, 0.25) is 0 Å². The van der Waals surface area contributed by atoms with Gasteiger partial charge in [0.25, 0.3) is 5.91 Å². The average Bonchev–Trinajstić information content (AvgIpc) is 2.75. The second-order valence-corrected chi connectivity index (χ2v) is 6.21. The number of aliphatic hydroxyl groups is 1. The molecule has 1 aliphatic heterocycles. The van der Waals surface area contributed by atoms with E-state index in [2.05, 4.69) is 0 Å². The predicted octanol–water partition coefficient (Wildman–Crippen LogP) is 3.18. The van der Waals surface area contributed by atoms with Crippen LogP contribution in [0.2, 0.25) is 5.02 Å². The average molecular weight is 342 g/mol. The SMILES string of the molecule is CN1C(=O)[C@@](O)(CC(=O)/C=C\c2ccccc2)c2cc(Cl)ccc21. The maximum Gasteiger partial charge on any atom is 0.263 e. The number of likely N-dealkylation sites (N-methyl/N-ethyl adjacent to an activating group) is 1. The number of nitrogens with zero attached hydrogens (tertiary/aromatic N) is 1. The van der Waals surface area contributed by atoms with Crippen LogP contribution in [0.4, 0.5) is 5.69 Å². The van der Waals surface area contributed by atoms with Gasteiger partial charge in [0.15, 0.2) is 11.4 Å². The molecule has 1 N–H and O–H groups in total. The summed E-state index contributed by atoms with van der Waals surface area (Å²) in [5.41, 5.74) is -0.0838. The zero-order chi connectivity index (χ0) is 17.3. The maximum absolute atomic E-state index is 12.5. The Balaban J connectivity index is 1.86. The first-order chi connectivity index (χ1) is 11.4. The maximum atomic E-state index is 12.5. The Kier molecular flexibility index (Phi) is 4.26. The van der Waals surface area contributed by atoms with Crippen molar-refractivity contribution in [1.82, 2.24) is 0 Å². The van der Waals surface area contributed by atoms with Crippen LogP contribution in [0, 0.1) is 0 Å². The van der Waals surface area contributed by atoms with Crippen molar-refractivity contribution in [2.75, 3.05) is 11.9 Å². The van der Waals surface area contributed by atoms with E-state index >= 15 is 0 Å². The lowest BCUT2D eigenvalue weighted by atomic mass is 9.89. The Morgan fingerprint density at radius 3 is 2.67 bits per heavy atom. The van der Waals surface area contributed by atoms with Crippen LogP contribution < -0.4 is 4.90 Å². The molecule has 2 aromatic rings. The van der Waals surface area contributed by atoms with E-state index in [-0.39, 0.29) is 12.2 Å². The number of ketones is 1. The molecule has 2 aromatic carbocycles. The lowest BCUT2D eigenvalue weighted by Gasteiger charge is -2.20. The number of amides is 1. The topological polar surface area (TPSA) is 57.6 Å². The number of carbonyl (C=O) groups is 2. The van der Waals surface area contributed by atoms with E-state index in [0.717, 1.165) is 5.56 Å². The molecule has 1 heterocycles. The van der Waals surface area contributed by atoms with Gasteiger partial charge in [-0.1, -0.05) is 48.0 Å². The molecule has 0 saturated carbocycles. The Labute approximate surface area is 145 Å². The molecule has 4 nitrogen and oxygen atoms in total. The van der Waals surface area contributed by atoms with Crippen LogP contribution >= 0.6 is 11.6 Å². The summed E-state index contributed by atoms with van der Waals surface area (Å²) in [5.74, 6) is -0.864. The third kappa shape index (κ3) is 2.86. The molecule has 0 fully saturated rings. The molecule has 1 amide bonds. The zero-order valence-corrected chi connectivity index (χ0v) is 13.8. The second-order valence-electron chi connectivity index (χ2n) is 5.77. The van der Waals surface area contributed by atoms with Gasteiger partial charge in [0, 0.05) is 17.6 Å². The highest BCUT2D eigenvalue weighted by Gasteiger charge is 2.49. The number of hydrogen-bond acceptors (Lipinski definition) is 3. The minimum Gasteiger partial charge on any atom is -0.375 e. The number of allylic oxidation sites excluding steroid dienone is 1. The molecule has 1 aliphatic rings. The molecule has 1 atom stereocenters. The first-order valence-electron chi connectivity index (χ1n) is 7.48. The highest BCUT2D eigenvalue weighted by atomic mass is 35.5. The first kappa shape index (κ1) is 16.4. The number of hydrogen-bond donors (Lipinski definition) is 1. The predicted molar refractivity (Wildman–Crippen MR) is 93.9 cm³/mol. The molecular weight excluding hydrogens is 326 g/mol. The quantitative estimate of drug-likeness (QED) is 0.869. The Morgan fingerprint density at radius 1 is 1.25 bits per heavy atom. The third-order valence-corrected chi connectivity index (χ3v) is 4.35. The first-order valence-corrected chi connectivity index (χ1v) is 7.86. The van der Waals surface area contributed by atoms with Gasteiger partial charge in [0.1, 0.15) is 0 Å². The fraction of sp³-hybridized carbons (Fsp3) is 0.158. The minimum absolute atomic E-state index is 0.327. The summed E-state index contributed by atoms with van der Waals surface area (Å²) < 4.78 is 0. The van der Waals surface area contributed by atoms with Gasteiger partial charge in [-0.25, -0.2) is 0 Å². The fourth-order valence-electron chi connectivity index (χ4n) is 2.87. The number of benzene rings is 2. The van der Waals surface area contributed by atoms with Gasteiger partial charge in [-0.05, 0) is 29.8 Å². The van der Waals surface area contributed by atoms with Crippen molar-refractivity contribution < 1.29 is 14.7 Å². The van der Waals surface area contributed by atoms with E-state index in [0.29, 0.717) is 16.3 Å². The summed E-state index contributed by atoms with van der Waals surface area (Å²) in [6, 6.07) is 14.2. The van der Waals surface area contributed by atoms with Crippen molar-refractivity contribution >= 4 is 35.1 Å². The number of anilines is 1. The summed E-state index contributed by atoms with van der Waals surface area (Å²) >= 11 is 5.98. The Morgan fingerprint density at radius 2 is 1.96 bits per heavy atom. The molecule has 0 unspecified atom stereocenters. The van der Waals surface area contributed by atoms with Crippen molar-refractivity contribution in [3.8, 4) is 0 Å². The normalized spacial score (nSPS) is 19.8. The number of fused-ring (bicyclic) bond motifs is 1. The zero-order valence-electron chi connectivity index (χ0n) is 13.1. The van der Waals surface area contributed by atoms with E-state index in [1.54, 1.807) is 25.3 Å². The lowest BCUT2D eigenvalue weighted by Crippen LogP contribution is -2.40. The van der Waals surface area contributed by atoms with Gasteiger partial charge < -0.3 is 10.0 Å². The highest BCUT2D eigenvalue weighted by Crippen LogP contribution is 2.42. The van der Waals surface area contributed by atoms with Crippen molar-refractivity contribution in [3.05, 3.63) is 70.8 Å². The molecule has 0 aliphatic carbocycles. The van der Waals surface area contributed by atoms with Crippen molar-refractivity contribution in [2.24, 2.45) is 0 Å². The van der Waals surface area contributed by atoms with Crippen LogP contribution in [0.5, 0.6) is 0 Å². The summed E-state index contributed by atoms with van der Waals surface area (Å²) in [5, 5.41) is 11.3. The summed E-state index contributed by atoms with van der Waals surface area (Å²) in [6.45, 7) is 0. The Hall–Kier alpha value is -2.43. The standard InChI is InChI=1S/C19H16ClNO3/c1-21-17-10-8-14(20)11-16(17)19(24,18(21)23)12-15(22)9-7-13-5-3-2-4-6-13/h2-11,24H,12H2,1H3/b9-7-/t19-/m1/s1. The third-order valence-electron chi connectivity index (χ3n) is 4.12. The van der Waals surface area contributed by atoms with Crippen LogP contribution in [-0.2, 0) is 15.2 Å². The minimum atomic E-state index is -1.88. The monoisotopic (exact) mass is 341 g/mol. The largest absolute Gasteiger partial charge is 0.375 e. The van der Waals surface area contributed by atoms with Gasteiger partial charge in [-0.15, -0.1) is 0 Å². The van der Waals surface area contributed by atoms with Crippen molar-refractivity contribution in [2.45, 2.75) is 12.0 Å². The second kappa shape index (κ2) is 6.23. The van der Waals surface area contributed by atoms with Crippen LogP contribution in [0.3, 0.4) is 0 Å². The van der Waals surface area contributed by atoms with E-state index in [4.69, 9.17) is 11.6 Å². The van der Waals surface area contributed by atoms with E-state index in [1.807, 2.05) is 30.3 Å². The molecule has 0 bridgehead atoms. The van der Waals surface area contributed by atoms with Crippen LogP contribution in [0.1, 0.15) is 17.5 Å². The summed E-state index contributed by atoms with van der Waals surface area (Å²) in [6.07, 6.45) is 2.71. The molecule has 0 radical (unpaired) electrons. The van der Waals surface area contributed by atoms with E-state index in [9.17, 15) is 14.7 Å². The molecule has 0 saturated heterocycles. The van der Waals surface area contributed by atoms with Crippen LogP contribution in [-0.4, -0.2) is 23.8 Å². The number of rotatable bonds is 4. The Bertz CT molecular complexity index is 832. The summed E-state index contributed by atoms with van der Waals surface area (Å²) in [7, 11) is 1.57. The van der Waals surface area contributed by atoms with Crippen LogP contribution in [0.15, 0.2) is 54.6 Å². The fourth-order valence-corrected chi connectivity index (χ4v) is 3.04. The molecule has 3 rings (SSSR count). The molecule has 24 heavy (non-hydrogen) atoms. The van der Waals surface area contributed by atoms with Gasteiger partial charge in [-0.2, -0.15) is 0 Å². The number of halogens is 1. The van der Waals surface area contributed by atoms with Gasteiger partial charge in [0.05, 0.1) is 12.1 Å². The molecule has 0 spiro atoms. The van der Waals surface area contributed by atoms with Crippen LogP contribution in [0.25, 0.3) is 6.08 Å². The van der Waals surface area contributed by atoms with E-state index in [1.165, 1.54) is 17.0 Å². The molecule has 5 heteroatoms. The molecule has 122 valence electrons. The lowest BCUT2D eigenvalue weighted by molar-refractivity contribution is -0.140. The molecule has 0 aromatic heterocycles. The van der Waals surface area contributed by atoms with Gasteiger partial charge >= 0.3 is 0 Å². The molecular formula is C19H16ClNO3. The smallest absolute Gasteiger partial charge is 0.263 e. The summed E-state index contributed by atoms with van der Waals surface area (Å²) in [4.78, 5) is 26.1. The van der Waals surface area contributed by atoms with Crippen molar-refractivity contribution in [3.63, 3.8) is 0 Å². The highest BCUT2D eigenvalue weighted by molar-refractivity contribution is 6.31.